The summed E-state index contributed by atoms with van der Waals surface area (Å²) in [5, 5.41) is 2.54. The van der Waals surface area contributed by atoms with Gasteiger partial charge in [0.05, 0.1) is 5.41 Å². The Bertz CT molecular complexity index is 2570. The van der Waals surface area contributed by atoms with Crippen molar-refractivity contribution >= 4 is 27.8 Å². The van der Waals surface area contributed by atoms with Gasteiger partial charge >= 0.3 is 0 Å². The molecule has 48 heavy (non-hydrogen) atoms. The molecule has 0 saturated carbocycles. The fourth-order valence-corrected chi connectivity index (χ4v) is 9.17. The van der Waals surface area contributed by atoms with E-state index in [0.29, 0.717) is 0 Å². The van der Waals surface area contributed by atoms with Crippen LogP contribution in [-0.2, 0) is 5.41 Å². The topological polar surface area (TPSA) is 3.24 Å². The van der Waals surface area contributed by atoms with Crippen LogP contribution < -0.4 is 4.90 Å². The van der Waals surface area contributed by atoms with Crippen molar-refractivity contribution in [2.75, 3.05) is 4.90 Å². The maximum absolute atomic E-state index is 2.48. The number of anilines is 3. The van der Waals surface area contributed by atoms with E-state index < -0.39 is 0 Å². The third-order valence-corrected chi connectivity index (χ3v) is 11.0. The molecule has 0 aliphatic heterocycles. The monoisotopic (exact) mass is 607 g/mol. The third-order valence-electron chi connectivity index (χ3n) is 11.0. The van der Waals surface area contributed by atoms with E-state index in [1.165, 1.54) is 77.5 Å². The van der Waals surface area contributed by atoms with E-state index in [-0.39, 0.29) is 5.41 Å². The smallest absolute Gasteiger partial charge is 0.0738 e. The van der Waals surface area contributed by atoms with Crippen molar-refractivity contribution in [1.82, 2.24) is 0 Å². The van der Waals surface area contributed by atoms with Gasteiger partial charge in [0.25, 0.3) is 0 Å². The van der Waals surface area contributed by atoms with Crippen molar-refractivity contribution in [2.45, 2.75) is 5.41 Å². The molecular formula is C47H29N. The van der Waals surface area contributed by atoms with E-state index in [1.54, 1.807) is 0 Å². The SMILES string of the molecule is c1ccc(N(c2ccc(-c3cccc4ccccc34)cc2)c2ccc3c(c2)C24c5ccccc5-c5cccc(c52)-c2cccc-3c24)cc1. The Balaban J connectivity index is 1.13. The highest BCUT2D eigenvalue weighted by Gasteiger charge is 2.57. The molecule has 0 fully saturated rings. The average molecular weight is 608 g/mol. The predicted octanol–water partition coefficient (Wildman–Crippen LogP) is 12.3. The van der Waals surface area contributed by atoms with E-state index >= 15 is 0 Å². The second-order valence-corrected chi connectivity index (χ2v) is 13.2. The molecule has 0 radical (unpaired) electrons. The maximum Gasteiger partial charge on any atom is 0.0738 e. The lowest BCUT2D eigenvalue weighted by molar-refractivity contribution is 0.818. The minimum Gasteiger partial charge on any atom is -0.310 e. The number of hydrogen-bond donors (Lipinski definition) is 0. The van der Waals surface area contributed by atoms with Gasteiger partial charge in [-0.2, -0.15) is 0 Å². The molecule has 11 rings (SSSR count). The Morgan fingerprint density at radius 3 is 1.62 bits per heavy atom. The van der Waals surface area contributed by atoms with Gasteiger partial charge in [-0.15, -0.1) is 0 Å². The summed E-state index contributed by atoms with van der Waals surface area (Å²) in [5.41, 5.74) is 19.5. The molecular weight excluding hydrogens is 579 g/mol. The van der Waals surface area contributed by atoms with Crippen molar-refractivity contribution in [3.8, 4) is 44.5 Å². The Kier molecular flexibility index (Phi) is 5.10. The van der Waals surface area contributed by atoms with E-state index in [4.69, 9.17) is 0 Å². The average Bonchev–Trinajstić information content (AvgIpc) is 3.75. The molecule has 3 aliphatic carbocycles. The van der Waals surface area contributed by atoms with Crippen LogP contribution in [0.3, 0.4) is 0 Å². The fourth-order valence-electron chi connectivity index (χ4n) is 9.17. The van der Waals surface area contributed by atoms with Crippen LogP contribution in [0, 0.1) is 0 Å². The predicted molar refractivity (Wildman–Crippen MR) is 199 cm³/mol. The zero-order valence-electron chi connectivity index (χ0n) is 26.2. The Morgan fingerprint density at radius 2 is 0.854 bits per heavy atom. The second-order valence-electron chi connectivity index (χ2n) is 13.2. The number of para-hydroxylation sites is 1. The molecule has 0 bridgehead atoms. The first-order chi connectivity index (χ1) is 23.8. The number of rotatable bonds is 4. The van der Waals surface area contributed by atoms with Gasteiger partial charge in [-0.05, 0) is 114 Å². The van der Waals surface area contributed by atoms with Crippen molar-refractivity contribution in [2.24, 2.45) is 0 Å². The Hall–Kier alpha value is -6.18. The van der Waals surface area contributed by atoms with Crippen LogP contribution in [0.1, 0.15) is 22.3 Å². The quantitative estimate of drug-likeness (QED) is 0.192. The lowest BCUT2D eigenvalue weighted by Gasteiger charge is -2.30. The van der Waals surface area contributed by atoms with Crippen LogP contribution in [0.25, 0.3) is 55.3 Å². The molecule has 1 nitrogen and oxygen atoms in total. The molecule has 0 heterocycles. The highest BCUT2D eigenvalue weighted by Crippen LogP contribution is 2.70. The first-order valence-corrected chi connectivity index (χ1v) is 16.8. The molecule has 8 aromatic rings. The number of hydrogen-bond acceptors (Lipinski definition) is 1. The normalized spacial score (nSPS) is 15.6. The summed E-state index contributed by atoms with van der Waals surface area (Å²) in [5.74, 6) is 0. The second kappa shape index (κ2) is 9.44. The fraction of sp³-hybridized carbons (Fsp3) is 0.0213. The maximum atomic E-state index is 2.48. The number of nitrogens with zero attached hydrogens (tertiary/aromatic N) is 1. The molecule has 1 spiro atoms. The van der Waals surface area contributed by atoms with Gasteiger partial charge in [-0.3, -0.25) is 0 Å². The molecule has 0 saturated heterocycles. The Morgan fingerprint density at radius 1 is 0.333 bits per heavy atom. The van der Waals surface area contributed by atoms with Gasteiger partial charge in [-0.25, -0.2) is 0 Å². The highest BCUT2D eigenvalue weighted by atomic mass is 15.1. The van der Waals surface area contributed by atoms with Crippen LogP contribution in [0.4, 0.5) is 17.1 Å². The summed E-state index contributed by atoms with van der Waals surface area (Å²) in [6.07, 6.45) is 0. The Labute approximate surface area is 280 Å². The van der Waals surface area contributed by atoms with Crippen LogP contribution in [-0.4, -0.2) is 0 Å². The van der Waals surface area contributed by atoms with E-state index in [1.807, 2.05) is 0 Å². The zero-order valence-corrected chi connectivity index (χ0v) is 26.2. The van der Waals surface area contributed by atoms with Gasteiger partial charge in [0, 0.05) is 17.1 Å². The first-order valence-electron chi connectivity index (χ1n) is 16.8. The van der Waals surface area contributed by atoms with E-state index in [2.05, 4.69) is 181 Å². The van der Waals surface area contributed by atoms with E-state index in [0.717, 1.165) is 17.1 Å². The van der Waals surface area contributed by atoms with Gasteiger partial charge in [0.15, 0.2) is 0 Å². The van der Waals surface area contributed by atoms with Crippen LogP contribution >= 0.6 is 0 Å². The molecule has 0 N–H and O–H groups in total. The number of fused-ring (bicyclic) bond motifs is 6. The van der Waals surface area contributed by atoms with Crippen LogP contribution in [0.2, 0.25) is 0 Å². The molecule has 0 amide bonds. The summed E-state index contributed by atoms with van der Waals surface area (Å²) >= 11 is 0. The lowest BCUT2D eigenvalue weighted by Crippen LogP contribution is -2.23. The summed E-state index contributed by atoms with van der Waals surface area (Å²) in [4.78, 5) is 2.41. The summed E-state index contributed by atoms with van der Waals surface area (Å²) < 4.78 is 0. The summed E-state index contributed by atoms with van der Waals surface area (Å²) in [6.45, 7) is 0. The van der Waals surface area contributed by atoms with Crippen LogP contribution in [0.5, 0.6) is 0 Å². The molecule has 1 atom stereocenters. The zero-order chi connectivity index (χ0) is 31.4. The molecule has 1 unspecified atom stereocenters. The van der Waals surface area contributed by atoms with Gasteiger partial charge < -0.3 is 4.90 Å². The minimum atomic E-state index is -0.305. The standard InChI is InChI=1S/C47H29N/c1-2-13-32(14-3-1)48(33-25-23-31(24-26-33)36-17-8-12-30-11-4-5-15-35(30)36)34-27-28-38-40-19-10-21-42-41-20-9-18-39-37-16-6-7-22-43(37)47(45(39)41,46(40)42)44(38)29-34/h1-29H. The van der Waals surface area contributed by atoms with Crippen molar-refractivity contribution in [1.29, 1.82) is 0 Å². The first kappa shape index (κ1) is 25.9. The summed E-state index contributed by atoms with van der Waals surface area (Å²) in [7, 11) is 0. The van der Waals surface area contributed by atoms with Crippen molar-refractivity contribution in [3.05, 3.63) is 198 Å². The largest absolute Gasteiger partial charge is 0.310 e. The number of benzene rings is 8. The molecule has 8 aromatic carbocycles. The lowest BCUT2D eigenvalue weighted by atomic mass is 9.73. The summed E-state index contributed by atoms with van der Waals surface area (Å²) in [6, 6.07) is 65.2. The molecule has 222 valence electrons. The van der Waals surface area contributed by atoms with Crippen molar-refractivity contribution < 1.29 is 0 Å². The van der Waals surface area contributed by atoms with Crippen molar-refractivity contribution in [3.63, 3.8) is 0 Å². The van der Waals surface area contributed by atoms with Gasteiger partial charge in [0.2, 0.25) is 0 Å². The van der Waals surface area contributed by atoms with E-state index in [9.17, 15) is 0 Å². The third kappa shape index (κ3) is 3.21. The van der Waals surface area contributed by atoms with Gasteiger partial charge in [-0.1, -0.05) is 140 Å². The molecule has 3 aliphatic rings. The minimum absolute atomic E-state index is 0.305. The van der Waals surface area contributed by atoms with Gasteiger partial charge in [0.1, 0.15) is 0 Å². The highest BCUT2D eigenvalue weighted by molar-refractivity contribution is 6.06. The molecule has 1 heteroatoms. The van der Waals surface area contributed by atoms with Crippen LogP contribution in [0.15, 0.2) is 176 Å². The molecule has 0 aromatic heterocycles.